The molecule has 0 radical (unpaired) electrons. The third kappa shape index (κ3) is 7.07. The number of carbonyl (C=O) groups is 1. The first kappa shape index (κ1) is 13.6. The van der Waals surface area contributed by atoms with Crippen molar-refractivity contribution >= 4 is 6.29 Å². The van der Waals surface area contributed by atoms with Crippen molar-refractivity contribution < 1.29 is 4.79 Å². The second-order valence-electron chi connectivity index (χ2n) is 4.95. The van der Waals surface area contributed by atoms with E-state index in [0.29, 0.717) is 12.1 Å². The summed E-state index contributed by atoms with van der Waals surface area (Å²) in [7, 11) is 0. The number of hydrogen-bond acceptors (Lipinski definition) is 2. The van der Waals surface area contributed by atoms with Crippen LogP contribution >= 0.6 is 0 Å². The maximum Gasteiger partial charge on any atom is 0.122 e. The predicted molar refractivity (Wildman–Crippen MR) is 61.4 cm³/mol. The van der Waals surface area contributed by atoms with Gasteiger partial charge in [-0.15, -0.1) is 0 Å². The first-order valence-corrected chi connectivity index (χ1v) is 5.67. The van der Waals surface area contributed by atoms with E-state index >= 15 is 0 Å². The molecule has 0 aromatic carbocycles. The molecule has 0 bridgehead atoms. The van der Waals surface area contributed by atoms with Gasteiger partial charge in [0, 0.05) is 18.0 Å². The molecule has 1 N–H and O–H groups in total. The Bertz CT molecular complexity index is 156. The van der Waals surface area contributed by atoms with Crippen LogP contribution in [0.4, 0.5) is 0 Å². The largest absolute Gasteiger partial charge is 0.312 e. The predicted octanol–water partition coefficient (Wildman–Crippen LogP) is 2.62. The first-order valence-electron chi connectivity index (χ1n) is 5.67. The summed E-state index contributed by atoms with van der Waals surface area (Å²) in [6.07, 6.45) is 3.16. The van der Waals surface area contributed by atoms with Gasteiger partial charge in [-0.25, -0.2) is 0 Å². The molecule has 0 spiro atoms. The van der Waals surface area contributed by atoms with Crippen LogP contribution in [0.25, 0.3) is 0 Å². The standard InChI is InChI=1S/C12H25NO/c1-9(2)6-11(4)13-12(5)7-10(3)8-14/h8-13H,6-7H2,1-5H3. The topological polar surface area (TPSA) is 29.1 Å². The average molecular weight is 199 g/mol. The van der Waals surface area contributed by atoms with Gasteiger partial charge < -0.3 is 10.1 Å². The fraction of sp³-hybridized carbons (Fsp3) is 0.917. The van der Waals surface area contributed by atoms with Crippen molar-refractivity contribution in [1.29, 1.82) is 0 Å². The van der Waals surface area contributed by atoms with Crippen molar-refractivity contribution in [3.63, 3.8) is 0 Å². The summed E-state index contributed by atoms with van der Waals surface area (Å²) in [5.41, 5.74) is 0. The van der Waals surface area contributed by atoms with Crippen LogP contribution in [-0.4, -0.2) is 18.4 Å². The Balaban J connectivity index is 3.70. The van der Waals surface area contributed by atoms with Gasteiger partial charge in [0.15, 0.2) is 0 Å². The number of carbonyl (C=O) groups excluding carboxylic acids is 1. The van der Waals surface area contributed by atoms with E-state index in [1.165, 1.54) is 6.42 Å². The molecule has 0 heterocycles. The highest BCUT2D eigenvalue weighted by atomic mass is 16.1. The van der Waals surface area contributed by atoms with Gasteiger partial charge in [0.1, 0.15) is 6.29 Å². The van der Waals surface area contributed by atoms with Crippen molar-refractivity contribution in [2.24, 2.45) is 11.8 Å². The van der Waals surface area contributed by atoms with Gasteiger partial charge in [0.05, 0.1) is 0 Å². The maximum atomic E-state index is 10.5. The van der Waals surface area contributed by atoms with E-state index in [-0.39, 0.29) is 5.92 Å². The third-order valence-electron chi connectivity index (χ3n) is 2.35. The molecule has 0 amide bonds. The lowest BCUT2D eigenvalue weighted by atomic mass is 10.0. The summed E-state index contributed by atoms with van der Waals surface area (Å²) in [5, 5.41) is 3.52. The van der Waals surface area contributed by atoms with E-state index in [1.54, 1.807) is 0 Å². The van der Waals surface area contributed by atoms with Gasteiger partial charge in [-0.3, -0.25) is 0 Å². The fourth-order valence-electron chi connectivity index (χ4n) is 1.94. The van der Waals surface area contributed by atoms with Gasteiger partial charge in [-0.2, -0.15) is 0 Å². The van der Waals surface area contributed by atoms with E-state index in [4.69, 9.17) is 0 Å². The summed E-state index contributed by atoms with van der Waals surface area (Å²) >= 11 is 0. The second-order valence-corrected chi connectivity index (χ2v) is 4.95. The van der Waals surface area contributed by atoms with Gasteiger partial charge >= 0.3 is 0 Å². The van der Waals surface area contributed by atoms with Gasteiger partial charge in [-0.1, -0.05) is 20.8 Å². The third-order valence-corrected chi connectivity index (χ3v) is 2.35. The molecule has 2 nitrogen and oxygen atoms in total. The molecule has 0 aromatic heterocycles. The lowest BCUT2D eigenvalue weighted by Crippen LogP contribution is -2.36. The van der Waals surface area contributed by atoms with Crippen LogP contribution in [0, 0.1) is 11.8 Å². The normalized spacial score (nSPS) is 17.9. The molecular weight excluding hydrogens is 174 g/mol. The average Bonchev–Trinajstić information content (AvgIpc) is 2.01. The van der Waals surface area contributed by atoms with Gasteiger partial charge in [0.2, 0.25) is 0 Å². The summed E-state index contributed by atoms with van der Waals surface area (Å²) in [6.45, 7) is 10.8. The summed E-state index contributed by atoms with van der Waals surface area (Å²) < 4.78 is 0. The Hall–Kier alpha value is -0.370. The van der Waals surface area contributed by atoms with Crippen molar-refractivity contribution in [2.75, 3.05) is 0 Å². The van der Waals surface area contributed by atoms with Crippen LogP contribution in [0.1, 0.15) is 47.5 Å². The SMILES string of the molecule is CC(C)CC(C)NC(C)CC(C)C=O. The van der Waals surface area contributed by atoms with Crippen LogP contribution < -0.4 is 5.32 Å². The Morgan fingerprint density at radius 2 is 1.50 bits per heavy atom. The van der Waals surface area contributed by atoms with Crippen LogP contribution in [0.3, 0.4) is 0 Å². The highest BCUT2D eigenvalue weighted by Crippen LogP contribution is 2.08. The highest BCUT2D eigenvalue weighted by molar-refractivity contribution is 5.52. The minimum Gasteiger partial charge on any atom is -0.312 e. The van der Waals surface area contributed by atoms with Crippen molar-refractivity contribution in [2.45, 2.75) is 59.5 Å². The highest BCUT2D eigenvalue weighted by Gasteiger charge is 2.11. The first-order chi connectivity index (χ1) is 6.45. The minimum atomic E-state index is 0.170. The van der Waals surface area contributed by atoms with Crippen molar-refractivity contribution in [3.05, 3.63) is 0 Å². The summed E-state index contributed by atoms with van der Waals surface area (Å²) in [6, 6.07) is 0.979. The minimum absolute atomic E-state index is 0.170. The van der Waals surface area contributed by atoms with Gasteiger partial charge in [-0.05, 0) is 32.6 Å². The maximum absolute atomic E-state index is 10.5. The Morgan fingerprint density at radius 1 is 1.00 bits per heavy atom. The molecule has 0 aliphatic heterocycles. The van der Waals surface area contributed by atoms with Crippen molar-refractivity contribution in [1.82, 2.24) is 5.32 Å². The Labute approximate surface area is 88.5 Å². The van der Waals surface area contributed by atoms with Gasteiger partial charge in [0.25, 0.3) is 0 Å². The smallest absolute Gasteiger partial charge is 0.122 e. The zero-order valence-electron chi connectivity index (χ0n) is 10.2. The Kier molecular flexibility index (Phi) is 6.81. The number of hydrogen-bond donors (Lipinski definition) is 1. The molecule has 0 aromatic rings. The quantitative estimate of drug-likeness (QED) is 0.639. The molecule has 0 saturated carbocycles. The zero-order chi connectivity index (χ0) is 11.1. The number of aldehydes is 1. The lowest BCUT2D eigenvalue weighted by Gasteiger charge is -2.22. The zero-order valence-corrected chi connectivity index (χ0v) is 10.2. The molecule has 3 atom stereocenters. The molecule has 3 unspecified atom stereocenters. The molecule has 14 heavy (non-hydrogen) atoms. The monoisotopic (exact) mass is 199 g/mol. The second kappa shape index (κ2) is 6.99. The van der Waals surface area contributed by atoms with E-state index in [9.17, 15) is 4.79 Å². The van der Waals surface area contributed by atoms with E-state index in [0.717, 1.165) is 18.6 Å². The van der Waals surface area contributed by atoms with Crippen LogP contribution in [-0.2, 0) is 4.79 Å². The molecule has 0 aliphatic carbocycles. The van der Waals surface area contributed by atoms with Crippen LogP contribution in [0.2, 0.25) is 0 Å². The Morgan fingerprint density at radius 3 is 1.93 bits per heavy atom. The van der Waals surface area contributed by atoms with Crippen molar-refractivity contribution in [3.8, 4) is 0 Å². The molecule has 0 rings (SSSR count). The van der Waals surface area contributed by atoms with E-state index in [2.05, 4.69) is 33.0 Å². The van der Waals surface area contributed by atoms with E-state index < -0.39 is 0 Å². The van der Waals surface area contributed by atoms with Crippen LogP contribution in [0.5, 0.6) is 0 Å². The summed E-state index contributed by atoms with van der Waals surface area (Å²) in [5.74, 6) is 0.900. The number of nitrogens with one attached hydrogen (secondary N) is 1. The molecule has 0 saturated heterocycles. The summed E-state index contributed by atoms with van der Waals surface area (Å²) in [4.78, 5) is 10.5. The number of rotatable bonds is 7. The molecular formula is C12H25NO. The van der Waals surface area contributed by atoms with E-state index in [1.807, 2.05) is 6.92 Å². The molecule has 0 aliphatic rings. The van der Waals surface area contributed by atoms with Crippen LogP contribution in [0.15, 0.2) is 0 Å². The fourth-order valence-corrected chi connectivity index (χ4v) is 1.94. The molecule has 2 heteroatoms. The lowest BCUT2D eigenvalue weighted by molar-refractivity contribution is -0.110. The molecule has 84 valence electrons. The molecule has 0 fully saturated rings.